The van der Waals surface area contributed by atoms with Crippen molar-refractivity contribution in [2.75, 3.05) is 6.54 Å². The quantitative estimate of drug-likeness (QED) is 0.868. The first-order valence-electron chi connectivity index (χ1n) is 7.56. The molecule has 0 saturated carbocycles. The largest absolute Gasteiger partial charge is 0.406 e. The second-order valence-electron chi connectivity index (χ2n) is 5.97. The van der Waals surface area contributed by atoms with E-state index in [1.54, 1.807) is 12.1 Å². The van der Waals surface area contributed by atoms with E-state index in [1.807, 2.05) is 4.90 Å². The first-order valence-corrected chi connectivity index (χ1v) is 7.56. The topological polar surface area (TPSA) is 41.3 Å². The van der Waals surface area contributed by atoms with Gasteiger partial charge in [0.1, 0.15) is 18.2 Å². The fourth-order valence-electron chi connectivity index (χ4n) is 3.10. The second kappa shape index (κ2) is 6.52. The maximum absolute atomic E-state index is 13.1. The van der Waals surface area contributed by atoms with Crippen LogP contribution in [0.1, 0.15) is 23.9 Å². The molecule has 130 valence electrons. The van der Waals surface area contributed by atoms with Crippen molar-refractivity contribution in [3.8, 4) is 0 Å². The zero-order chi connectivity index (χ0) is 17.3. The Balaban J connectivity index is 1.78. The van der Waals surface area contributed by atoms with Gasteiger partial charge >= 0.3 is 6.18 Å². The van der Waals surface area contributed by atoms with Crippen molar-refractivity contribution in [1.29, 1.82) is 0 Å². The summed E-state index contributed by atoms with van der Waals surface area (Å²) in [6.07, 6.45) is -1.82. The standard InChI is InChI=1S/C16H17F4N3O/c17-12-3-1-11(2-4-12)14-7-13(24)8-23(14)9-15-21-5-6-22(15)10-16(18,19)20/h1-6,13-14,24H,7-10H2/t13-,14+/m0/s1. The smallest absolute Gasteiger partial charge is 0.392 e. The highest BCUT2D eigenvalue weighted by molar-refractivity contribution is 5.21. The first-order chi connectivity index (χ1) is 11.3. The molecule has 1 aliphatic heterocycles. The van der Waals surface area contributed by atoms with Gasteiger partial charge in [0, 0.05) is 25.0 Å². The predicted octanol–water partition coefficient (Wildman–Crippen LogP) is 2.89. The van der Waals surface area contributed by atoms with Crippen molar-refractivity contribution in [2.45, 2.75) is 37.8 Å². The van der Waals surface area contributed by atoms with Crippen molar-refractivity contribution in [2.24, 2.45) is 0 Å². The Morgan fingerprint density at radius 1 is 1.21 bits per heavy atom. The van der Waals surface area contributed by atoms with Crippen LogP contribution in [0.5, 0.6) is 0 Å². The maximum atomic E-state index is 13.1. The summed E-state index contributed by atoms with van der Waals surface area (Å²) in [4.78, 5) is 5.88. The molecule has 0 radical (unpaired) electrons. The molecule has 2 heterocycles. The molecule has 0 amide bonds. The van der Waals surface area contributed by atoms with E-state index < -0.39 is 18.8 Å². The van der Waals surface area contributed by atoms with Gasteiger partial charge in [0.25, 0.3) is 0 Å². The number of imidazole rings is 1. The van der Waals surface area contributed by atoms with Crippen molar-refractivity contribution in [3.63, 3.8) is 0 Å². The van der Waals surface area contributed by atoms with Gasteiger partial charge in [-0.25, -0.2) is 9.37 Å². The molecule has 24 heavy (non-hydrogen) atoms. The molecule has 2 aromatic rings. The van der Waals surface area contributed by atoms with E-state index in [-0.39, 0.29) is 24.2 Å². The highest BCUT2D eigenvalue weighted by atomic mass is 19.4. The Morgan fingerprint density at radius 3 is 2.58 bits per heavy atom. The van der Waals surface area contributed by atoms with Crippen molar-refractivity contribution >= 4 is 0 Å². The number of hydrogen-bond acceptors (Lipinski definition) is 3. The lowest BCUT2D eigenvalue weighted by molar-refractivity contribution is -0.141. The molecule has 0 spiro atoms. The van der Waals surface area contributed by atoms with Crippen LogP contribution in [0.4, 0.5) is 17.6 Å². The molecular weight excluding hydrogens is 326 g/mol. The number of aliphatic hydroxyl groups excluding tert-OH is 1. The summed E-state index contributed by atoms with van der Waals surface area (Å²) in [5.74, 6) is -0.0712. The molecule has 1 aliphatic rings. The lowest BCUT2D eigenvalue weighted by Gasteiger charge is -2.24. The number of hydrogen-bond donors (Lipinski definition) is 1. The number of rotatable bonds is 4. The minimum Gasteiger partial charge on any atom is -0.392 e. The fraction of sp³-hybridized carbons (Fsp3) is 0.438. The Morgan fingerprint density at radius 2 is 1.92 bits per heavy atom. The summed E-state index contributed by atoms with van der Waals surface area (Å²) < 4.78 is 52.0. The summed E-state index contributed by atoms with van der Waals surface area (Å²) in [5.41, 5.74) is 0.821. The summed E-state index contributed by atoms with van der Waals surface area (Å²) in [7, 11) is 0. The van der Waals surface area contributed by atoms with Gasteiger partial charge in [0.05, 0.1) is 12.6 Å². The lowest BCUT2D eigenvalue weighted by atomic mass is 10.0. The molecule has 4 nitrogen and oxygen atoms in total. The van der Waals surface area contributed by atoms with E-state index in [4.69, 9.17) is 0 Å². The van der Waals surface area contributed by atoms with Crippen LogP contribution in [0, 0.1) is 5.82 Å². The maximum Gasteiger partial charge on any atom is 0.406 e. The van der Waals surface area contributed by atoms with Gasteiger partial charge in [-0.15, -0.1) is 0 Å². The summed E-state index contributed by atoms with van der Waals surface area (Å²) in [6, 6.07) is 5.75. The lowest BCUT2D eigenvalue weighted by Crippen LogP contribution is -2.27. The Kier molecular flexibility index (Phi) is 4.60. The van der Waals surface area contributed by atoms with E-state index >= 15 is 0 Å². The number of halogens is 4. The van der Waals surface area contributed by atoms with E-state index in [9.17, 15) is 22.7 Å². The SMILES string of the molecule is O[C@H]1C[C@H](c2ccc(F)cc2)N(Cc2nccn2CC(F)(F)F)C1. The number of aliphatic hydroxyl groups is 1. The van der Waals surface area contributed by atoms with Gasteiger partial charge in [-0.3, -0.25) is 4.90 Å². The normalized spacial score (nSPS) is 22.2. The monoisotopic (exact) mass is 343 g/mol. The van der Waals surface area contributed by atoms with Gasteiger partial charge in [-0.05, 0) is 24.1 Å². The van der Waals surface area contributed by atoms with Gasteiger partial charge < -0.3 is 9.67 Å². The third kappa shape index (κ3) is 3.93. The average molecular weight is 343 g/mol. The van der Waals surface area contributed by atoms with Crippen LogP contribution in [0.2, 0.25) is 0 Å². The van der Waals surface area contributed by atoms with E-state index in [0.29, 0.717) is 13.0 Å². The number of aromatic nitrogens is 2. The number of alkyl halides is 3. The molecule has 0 bridgehead atoms. The number of nitrogens with zero attached hydrogens (tertiary/aromatic N) is 3. The van der Waals surface area contributed by atoms with Gasteiger partial charge in [-0.1, -0.05) is 12.1 Å². The van der Waals surface area contributed by atoms with Crippen molar-refractivity contribution in [3.05, 3.63) is 53.9 Å². The van der Waals surface area contributed by atoms with Crippen LogP contribution in [-0.4, -0.2) is 38.4 Å². The number of benzene rings is 1. The Hall–Kier alpha value is -1.93. The van der Waals surface area contributed by atoms with Gasteiger partial charge in [0.2, 0.25) is 0 Å². The van der Waals surface area contributed by atoms with Crippen molar-refractivity contribution < 1.29 is 22.7 Å². The van der Waals surface area contributed by atoms with E-state index in [1.165, 1.54) is 24.5 Å². The molecule has 1 aromatic carbocycles. The molecular formula is C16H17F4N3O. The molecule has 2 atom stereocenters. The highest BCUT2D eigenvalue weighted by Gasteiger charge is 2.34. The Labute approximate surface area is 136 Å². The molecule has 1 saturated heterocycles. The predicted molar refractivity (Wildman–Crippen MR) is 78.5 cm³/mol. The van der Waals surface area contributed by atoms with Gasteiger partial charge in [-0.2, -0.15) is 13.2 Å². The van der Waals surface area contributed by atoms with Gasteiger partial charge in [0.15, 0.2) is 0 Å². The summed E-state index contributed by atoms with van der Waals surface area (Å²) in [6.45, 7) is -0.580. The summed E-state index contributed by atoms with van der Waals surface area (Å²) in [5, 5.41) is 9.95. The minimum absolute atomic E-state index is 0.183. The molecule has 3 rings (SSSR count). The van der Waals surface area contributed by atoms with Crippen LogP contribution < -0.4 is 0 Å². The van der Waals surface area contributed by atoms with Crippen LogP contribution in [0.25, 0.3) is 0 Å². The van der Waals surface area contributed by atoms with E-state index in [2.05, 4.69) is 4.98 Å². The fourth-order valence-corrected chi connectivity index (χ4v) is 3.10. The third-order valence-corrected chi connectivity index (χ3v) is 4.13. The molecule has 0 aliphatic carbocycles. The zero-order valence-corrected chi connectivity index (χ0v) is 12.7. The van der Waals surface area contributed by atoms with Crippen molar-refractivity contribution in [1.82, 2.24) is 14.5 Å². The second-order valence-corrected chi connectivity index (χ2v) is 5.97. The zero-order valence-electron chi connectivity index (χ0n) is 12.7. The Bertz CT molecular complexity index is 683. The molecule has 0 unspecified atom stereocenters. The highest BCUT2D eigenvalue weighted by Crippen LogP contribution is 2.33. The third-order valence-electron chi connectivity index (χ3n) is 4.13. The molecule has 1 fully saturated rings. The first kappa shape index (κ1) is 16.9. The van der Waals surface area contributed by atoms with Crippen LogP contribution in [0.3, 0.4) is 0 Å². The molecule has 1 aromatic heterocycles. The van der Waals surface area contributed by atoms with Crippen LogP contribution in [-0.2, 0) is 13.1 Å². The average Bonchev–Trinajstić information content (AvgIpc) is 3.06. The molecule has 1 N–H and O–H groups in total. The molecule has 8 heteroatoms. The number of likely N-dealkylation sites (tertiary alicyclic amines) is 1. The van der Waals surface area contributed by atoms with Crippen LogP contribution in [0.15, 0.2) is 36.7 Å². The number of β-amino-alcohol motifs (C(OH)–C–C–N with tert-alkyl or cyclic N) is 1. The van der Waals surface area contributed by atoms with E-state index in [0.717, 1.165) is 10.1 Å². The minimum atomic E-state index is -4.32. The van der Waals surface area contributed by atoms with Crippen LogP contribution >= 0.6 is 0 Å². The summed E-state index contributed by atoms with van der Waals surface area (Å²) >= 11 is 0.